The number of nitrogens with one attached hydrogen (secondary N) is 3. The maximum Gasteiger partial charge on any atom is 0.139 e. The first-order chi connectivity index (χ1) is 26.2. The zero-order chi connectivity index (χ0) is 36.5. The van der Waals surface area contributed by atoms with Gasteiger partial charge in [-0.1, -0.05) is 71.4 Å². The van der Waals surface area contributed by atoms with Crippen LogP contribution in [0.25, 0.3) is 0 Å². The third-order valence-corrected chi connectivity index (χ3v) is 17.0. The van der Waals surface area contributed by atoms with Crippen LogP contribution in [0.2, 0.25) is 0 Å². The second-order valence-corrected chi connectivity index (χ2v) is 20.9. The normalized spacial score (nSPS) is 47.5. The maximum atomic E-state index is 14.1. The summed E-state index contributed by atoms with van der Waals surface area (Å²) < 4.78 is 14.1. The van der Waals surface area contributed by atoms with Crippen molar-refractivity contribution >= 4 is 5.78 Å². The molecule has 4 N–H and O–H groups in total. The topological polar surface area (TPSA) is 73.4 Å². The van der Waals surface area contributed by atoms with Crippen molar-refractivity contribution in [2.24, 2.45) is 53.3 Å². The van der Waals surface area contributed by atoms with E-state index in [4.69, 9.17) is 0 Å². The highest BCUT2D eigenvalue weighted by Gasteiger charge is 2.57. The number of aliphatic hydroxyl groups is 1. The van der Waals surface area contributed by atoms with E-state index in [2.05, 4.69) is 70.6 Å². The van der Waals surface area contributed by atoms with E-state index in [1.165, 1.54) is 74.5 Å². The molecule has 0 aromatic heterocycles. The van der Waals surface area contributed by atoms with Crippen LogP contribution in [0.5, 0.6) is 0 Å². The largest absolute Gasteiger partial charge is 0.393 e. The Bertz CT molecular complexity index is 1530. The molecule has 0 aromatic rings. The first-order valence-corrected chi connectivity index (χ1v) is 22.4. The van der Waals surface area contributed by atoms with E-state index in [-0.39, 0.29) is 11.6 Å². The first kappa shape index (κ1) is 36.2. The second-order valence-electron chi connectivity index (χ2n) is 20.9. The summed E-state index contributed by atoms with van der Waals surface area (Å²) >= 11 is 0. The van der Waals surface area contributed by atoms with Gasteiger partial charge >= 0.3 is 0 Å². The summed E-state index contributed by atoms with van der Waals surface area (Å²) in [4.78, 5) is 12.1. The van der Waals surface area contributed by atoms with Crippen LogP contribution >= 0.6 is 0 Å². The van der Waals surface area contributed by atoms with Gasteiger partial charge in [0.05, 0.1) is 6.10 Å². The molecule has 12 saturated carbocycles. The Hall–Kier alpha value is -2.12. The van der Waals surface area contributed by atoms with Gasteiger partial charge in [-0.15, -0.1) is 0 Å². The molecule has 0 aromatic carbocycles. The van der Waals surface area contributed by atoms with Gasteiger partial charge in [0.2, 0.25) is 0 Å². The minimum Gasteiger partial charge on any atom is -0.393 e. The third kappa shape index (κ3) is 7.06. The predicted molar refractivity (Wildman–Crippen MR) is 214 cm³/mol. The van der Waals surface area contributed by atoms with Gasteiger partial charge in [0.15, 0.2) is 0 Å². The zero-order valence-electron chi connectivity index (χ0n) is 32.6. The first-order valence-electron chi connectivity index (χ1n) is 22.4. The van der Waals surface area contributed by atoms with Gasteiger partial charge in [0, 0.05) is 48.1 Å². The highest BCUT2D eigenvalue weighted by atomic mass is 19.1. The number of ketones is 1. The van der Waals surface area contributed by atoms with Crippen LogP contribution < -0.4 is 16.0 Å². The van der Waals surface area contributed by atoms with Crippen LogP contribution in [0.4, 0.5) is 4.39 Å². The molecule has 12 bridgehead atoms. The molecule has 15 rings (SSSR count). The molecule has 54 heavy (non-hydrogen) atoms. The van der Waals surface area contributed by atoms with Crippen molar-refractivity contribution < 1.29 is 14.3 Å². The number of aliphatic hydroxyl groups excluding tert-OH is 1. The van der Waals surface area contributed by atoms with Crippen molar-refractivity contribution in [3.63, 3.8) is 0 Å². The summed E-state index contributed by atoms with van der Waals surface area (Å²) in [6.45, 7) is 3.08. The van der Waals surface area contributed by atoms with Gasteiger partial charge in [-0.3, -0.25) is 4.79 Å². The number of allylic oxidation sites excluding steroid dienone is 9. The average Bonchev–Trinajstić information content (AvgIpc) is 3.98. The molecule has 0 amide bonds. The molecule has 12 fully saturated rings. The van der Waals surface area contributed by atoms with Crippen LogP contribution in [0.1, 0.15) is 116 Å². The fraction of sp³-hybridized carbons (Fsp3) is 0.729. The molecule has 0 spiro atoms. The number of rotatable bonds is 9. The molecule has 6 atom stereocenters. The van der Waals surface area contributed by atoms with Crippen molar-refractivity contribution in [3.8, 4) is 0 Å². The van der Waals surface area contributed by atoms with Gasteiger partial charge < -0.3 is 21.1 Å². The third-order valence-electron chi connectivity index (χ3n) is 17.0. The highest BCUT2D eigenvalue weighted by Crippen LogP contribution is 2.58. The summed E-state index contributed by atoms with van der Waals surface area (Å²) in [5.74, 6) is 5.76. The Morgan fingerprint density at radius 3 is 1.31 bits per heavy atom. The summed E-state index contributed by atoms with van der Waals surface area (Å²) in [7, 11) is 0. The standard InChI is InChI=1S/C16H22FN.C16H23NO.C16H21NO/c17-15-13-5-12-6-14(15)9-16(7-12,8-13)18-10-11-3-1-2-4-11;2*18-15-13-5-12-6-14(15)9-16(7-12,8-13)17-10-11-3-1-2-4-11/h1-3,12-15,18H,4-10H2;1-3,12-15,17-18H,4-10H2;1-3,12-14,17H,4-10H2. The molecule has 5 nitrogen and oxygen atoms in total. The molecule has 292 valence electrons. The molecule has 0 radical (unpaired) electrons. The number of carbonyl (C=O) groups is 1. The van der Waals surface area contributed by atoms with Crippen LogP contribution in [0, 0.1) is 53.3 Å². The Kier molecular flexibility index (Phi) is 9.64. The molecule has 6 unspecified atom stereocenters. The van der Waals surface area contributed by atoms with Gasteiger partial charge in [-0.2, -0.15) is 0 Å². The predicted octanol–water partition coefficient (Wildman–Crippen LogP) is 8.39. The lowest BCUT2D eigenvalue weighted by atomic mass is 9.52. The molecule has 6 heteroatoms. The van der Waals surface area contributed by atoms with Crippen LogP contribution in [-0.4, -0.2) is 59.4 Å². The van der Waals surface area contributed by atoms with E-state index in [9.17, 15) is 14.3 Å². The van der Waals surface area contributed by atoms with Crippen LogP contribution in [-0.2, 0) is 4.79 Å². The Labute approximate surface area is 323 Å². The summed E-state index contributed by atoms with van der Waals surface area (Å²) in [6.07, 6.45) is 40.7. The quantitative estimate of drug-likeness (QED) is 0.192. The minimum atomic E-state index is -0.496. The van der Waals surface area contributed by atoms with Gasteiger partial charge in [0.25, 0.3) is 0 Å². The fourth-order valence-electron chi connectivity index (χ4n) is 15.1. The van der Waals surface area contributed by atoms with E-state index < -0.39 is 6.17 Å². The maximum absolute atomic E-state index is 14.1. The fourth-order valence-corrected chi connectivity index (χ4v) is 15.1. The Balaban J connectivity index is 0.000000100. The zero-order valence-corrected chi connectivity index (χ0v) is 32.6. The molecule has 0 heterocycles. The Morgan fingerprint density at radius 1 is 0.537 bits per heavy atom. The van der Waals surface area contributed by atoms with E-state index in [0.717, 1.165) is 95.2 Å². The van der Waals surface area contributed by atoms with Gasteiger partial charge in [0.1, 0.15) is 12.0 Å². The lowest BCUT2D eigenvalue weighted by Gasteiger charge is -2.59. The smallest absolute Gasteiger partial charge is 0.139 e. The van der Waals surface area contributed by atoms with E-state index in [1.54, 1.807) is 0 Å². The lowest BCUT2D eigenvalue weighted by molar-refractivity contribution is -0.142. The lowest BCUT2D eigenvalue weighted by Crippen LogP contribution is -2.62. The number of Topliss-reactive ketones (excluding diaryl/α,β-unsaturated/α-hetero) is 1. The molecular weight excluding hydrogens is 670 g/mol. The van der Waals surface area contributed by atoms with Crippen molar-refractivity contribution in [1.82, 2.24) is 16.0 Å². The number of hydrogen-bond donors (Lipinski definition) is 4. The molecule has 0 saturated heterocycles. The van der Waals surface area contributed by atoms with Crippen molar-refractivity contribution in [1.29, 1.82) is 0 Å². The monoisotopic (exact) mass is 736 g/mol. The van der Waals surface area contributed by atoms with E-state index in [0.29, 0.717) is 52.4 Å². The molecule has 15 aliphatic carbocycles. The van der Waals surface area contributed by atoms with Gasteiger partial charge in [-0.25, -0.2) is 4.39 Å². The summed E-state index contributed by atoms with van der Waals surface area (Å²) in [5.41, 5.74) is 5.45. The summed E-state index contributed by atoms with van der Waals surface area (Å²) in [6, 6.07) is 0. The van der Waals surface area contributed by atoms with Crippen molar-refractivity contribution in [2.75, 3.05) is 19.6 Å². The van der Waals surface area contributed by atoms with Crippen LogP contribution in [0.3, 0.4) is 0 Å². The Morgan fingerprint density at radius 2 is 0.907 bits per heavy atom. The second kappa shape index (κ2) is 14.4. The number of carbonyl (C=O) groups excluding carboxylic acids is 1. The number of hydrogen-bond acceptors (Lipinski definition) is 5. The SMILES string of the molecule is FC1C2CC3CC1CC(NCC1=CC=CC1)(C3)C2.O=C1C2CC3CC1CC(NCC1=CC=CC1)(C3)C2.OC1C2CC3CC1CC(NCC1=CC=CC1)(C3)C2. The molecular formula is C48H66FN3O2. The van der Waals surface area contributed by atoms with Gasteiger partial charge in [-0.05, 0) is 157 Å². The average molecular weight is 736 g/mol. The molecule has 15 aliphatic rings. The highest BCUT2D eigenvalue weighted by molar-refractivity contribution is 5.86. The van der Waals surface area contributed by atoms with E-state index >= 15 is 0 Å². The van der Waals surface area contributed by atoms with Crippen molar-refractivity contribution in [3.05, 3.63) is 71.4 Å². The van der Waals surface area contributed by atoms with Crippen molar-refractivity contribution in [2.45, 2.75) is 144 Å². The minimum absolute atomic E-state index is 0.00355. The number of halogens is 1. The van der Waals surface area contributed by atoms with E-state index in [1.807, 2.05) is 0 Å². The van der Waals surface area contributed by atoms with Crippen LogP contribution in [0.15, 0.2) is 71.4 Å². The molecule has 0 aliphatic heterocycles. The number of alkyl halides is 1. The summed E-state index contributed by atoms with van der Waals surface area (Å²) in [5, 5.41) is 21.8.